The number of aromatic nitrogens is 2. The number of nitrogens with zero attached hydrogens (tertiary/aromatic N) is 2. The van der Waals surface area contributed by atoms with Crippen LogP contribution in [0.3, 0.4) is 0 Å². The SMILES string of the molecule is Cc1cccc(C)c1OCC(=O)N(C)Cc1nc2ccccc2c(=O)[nH]1. The number of rotatable bonds is 5. The van der Waals surface area contributed by atoms with E-state index in [0.717, 1.165) is 16.9 Å². The van der Waals surface area contributed by atoms with Crippen molar-refractivity contribution >= 4 is 16.8 Å². The molecule has 3 aromatic rings. The van der Waals surface area contributed by atoms with Crippen LogP contribution in [0.15, 0.2) is 47.3 Å². The molecule has 0 saturated carbocycles. The van der Waals surface area contributed by atoms with E-state index in [2.05, 4.69) is 9.97 Å². The minimum Gasteiger partial charge on any atom is -0.483 e. The molecule has 0 spiro atoms. The molecule has 3 rings (SSSR count). The normalized spacial score (nSPS) is 10.7. The zero-order valence-corrected chi connectivity index (χ0v) is 15.1. The predicted octanol–water partition coefficient (Wildman–Crippen LogP) is 2.58. The highest BCUT2D eigenvalue weighted by Gasteiger charge is 2.14. The summed E-state index contributed by atoms with van der Waals surface area (Å²) in [4.78, 5) is 33.1. The molecular weight excluding hydrogens is 330 g/mol. The summed E-state index contributed by atoms with van der Waals surface area (Å²) in [6.45, 7) is 4.02. The summed E-state index contributed by atoms with van der Waals surface area (Å²) in [6.07, 6.45) is 0. The van der Waals surface area contributed by atoms with E-state index in [1.54, 1.807) is 25.2 Å². The lowest BCUT2D eigenvalue weighted by molar-refractivity contribution is -0.132. The molecular formula is C20H21N3O3. The van der Waals surface area contributed by atoms with Crippen molar-refractivity contribution in [3.8, 4) is 5.75 Å². The van der Waals surface area contributed by atoms with E-state index in [4.69, 9.17) is 4.74 Å². The van der Waals surface area contributed by atoms with Crippen LogP contribution in [0.2, 0.25) is 0 Å². The van der Waals surface area contributed by atoms with Gasteiger partial charge in [-0.15, -0.1) is 0 Å². The molecule has 0 aliphatic rings. The lowest BCUT2D eigenvalue weighted by Crippen LogP contribution is -2.32. The van der Waals surface area contributed by atoms with Crippen molar-refractivity contribution < 1.29 is 9.53 Å². The average molecular weight is 351 g/mol. The summed E-state index contributed by atoms with van der Waals surface area (Å²) < 4.78 is 5.70. The first kappa shape index (κ1) is 17.7. The average Bonchev–Trinajstić information content (AvgIpc) is 2.61. The van der Waals surface area contributed by atoms with Crippen molar-refractivity contribution in [2.45, 2.75) is 20.4 Å². The van der Waals surface area contributed by atoms with Crippen molar-refractivity contribution in [1.82, 2.24) is 14.9 Å². The first-order chi connectivity index (χ1) is 12.5. The third-order valence-electron chi connectivity index (χ3n) is 4.22. The Morgan fingerprint density at radius 3 is 2.54 bits per heavy atom. The summed E-state index contributed by atoms with van der Waals surface area (Å²) >= 11 is 0. The Bertz CT molecular complexity index is 990. The Morgan fingerprint density at radius 1 is 1.12 bits per heavy atom. The maximum atomic E-state index is 12.4. The Balaban J connectivity index is 1.69. The van der Waals surface area contributed by atoms with Crippen LogP contribution >= 0.6 is 0 Å². The van der Waals surface area contributed by atoms with Crippen LogP contribution in [0.4, 0.5) is 0 Å². The van der Waals surface area contributed by atoms with Gasteiger partial charge >= 0.3 is 0 Å². The number of para-hydroxylation sites is 2. The highest BCUT2D eigenvalue weighted by molar-refractivity contribution is 5.78. The molecule has 1 N–H and O–H groups in total. The number of amides is 1. The summed E-state index contributed by atoms with van der Waals surface area (Å²) in [7, 11) is 1.66. The van der Waals surface area contributed by atoms with Crippen LogP contribution < -0.4 is 10.3 Å². The van der Waals surface area contributed by atoms with Gasteiger partial charge in [-0.05, 0) is 37.1 Å². The van der Waals surface area contributed by atoms with Crippen molar-refractivity contribution in [3.05, 3.63) is 69.8 Å². The summed E-state index contributed by atoms with van der Waals surface area (Å²) in [5, 5.41) is 0.531. The predicted molar refractivity (Wildman–Crippen MR) is 100 cm³/mol. The van der Waals surface area contributed by atoms with Crippen molar-refractivity contribution in [3.63, 3.8) is 0 Å². The molecule has 0 fully saturated rings. The second kappa shape index (κ2) is 7.39. The van der Waals surface area contributed by atoms with Crippen molar-refractivity contribution in [2.75, 3.05) is 13.7 Å². The molecule has 0 aliphatic carbocycles. The van der Waals surface area contributed by atoms with Crippen molar-refractivity contribution in [2.24, 2.45) is 0 Å². The van der Waals surface area contributed by atoms with Gasteiger partial charge in [0.05, 0.1) is 17.4 Å². The highest BCUT2D eigenvalue weighted by atomic mass is 16.5. The monoisotopic (exact) mass is 351 g/mol. The number of carbonyl (C=O) groups excluding carboxylic acids is 1. The van der Waals surface area contributed by atoms with Gasteiger partial charge in [0.1, 0.15) is 11.6 Å². The molecule has 1 heterocycles. The Labute approximate surface area is 151 Å². The maximum Gasteiger partial charge on any atom is 0.260 e. The number of aromatic amines is 1. The summed E-state index contributed by atoms with van der Waals surface area (Å²) in [5.41, 5.74) is 2.37. The van der Waals surface area contributed by atoms with Gasteiger partial charge in [-0.3, -0.25) is 9.59 Å². The van der Waals surface area contributed by atoms with Gasteiger partial charge in [0.15, 0.2) is 6.61 Å². The minimum absolute atomic E-state index is 0.0694. The number of nitrogens with one attached hydrogen (secondary N) is 1. The fourth-order valence-corrected chi connectivity index (χ4v) is 2.79. The molecule has 0 unspecified atom stereocenters. The molecule has 26 heavy (non-hydrogen) atoms. The quantitative estimate of drug-likeness (QED) is 0.767. The number of aryl methyl sites for hydroxylation is 2. The molecule has 0 saturated heterocycles. The van der Waals surface area contributed by atoms with E-state index in [0.29, 0.717) is 16.7 Å². The largest absolute Gasteiger partial charge is 0.483 e. The van der Waals surface area contributed by atoms with Gasteiger partial charge in [0, 0.05) is 7.05 Å². The second-order valence-corrected chi connectivity index (χ2v) is 6.29. The number of H-pyrrole nitrogens is 1. The number of carbonyl (C=O) groups is 1. The molecule has 0 radical (unpaired) electrons. The summed E-state index contributed by atoms with van der Waals surface area (Å²) in [5.74, 6) is 0.978. The Morgan fingerprint density at radius 2 is 1.81 bits per heavy atom. The van der Waals surface area contributed by atoms with Gasteiger partial charge in [-0.1, -0.05) is 30.3 Å². The highest BCUT2D eigenvalue weighted by Crippen LogP contribution is 2.22. The van der Waals surface area contributed by atoms with Gasteiger partial charge in [0.25, 0.3) is 11.5 Å². The third kappa shape index (κ3) is 3.74. The van der Waals surface area contributed by atoms with Gasteiger partial charge in [-0.25, -0.2) is 4.98 Å². The van der Waals surface area contributed by atoms with E-state index < -0.39 is 0 Å². The van der Waals surface area contributed by atoms with Crippen LogP contribution in [0.1, 0.15) is 17.0 Å². The number of likely N-dealkylation sites (N-methyl/N-ethyl adjacent to an activating group) is 1. The molecule has 134 valence electrons. The Hall–Kier alpha value is -3.15. The Kier molecular flexibility index (Phi) is 5.02. The van der Waals surface area contributed by atoms with E-state index in [1.165, 1.54) is 4.90 Å². The molecule has 6 heteroatoms. The van der Waals surface area contributed by atoms with Crippen LogP contribution in [-0.4, -0.2) is 34.4 Å². The zero-order valence-electron chi connectivity index (χ0n) is 15.1. The molecule has 2 aromatic carbocycles. The molecule has 0 atom stereocenters. The van der Waals surface area contributed by atoms with E-state index in [9.17, 15) is 9.59 Å². The van der Waals surface area contributed by atoms with E-state index in [-0.39, 0.29) is 24.6 Å². The summed E-state index contributed by atoms with van der Waals surface area (Å²) in [6, 6.07) is 13.0. The van der Waals surface area contributed by atoms with Crippen LogP contribution in [0, 0.1) is 13.8 Å². The van der Waals surface area contributed by atoms with Crippen LogP contribution in [0.25, 0.3) is 10.9 Å². The number of hydrogen-bond acceptors (Lipinski definition) is 4. The number of fused-ring (bicyclic) bond motifs is 1. The zero-order chi connectivity index (χ0) is 18.7. The molecule has 6 nitrogen and oxygen atoms in total. The van der Waals surface area contributed by atoms with Crippen LogP contribution in [0.5, 0.6) is 5.75 Å². The van der Waals surface area contributed by atoms with E-state index >= 15 is 0 Å². The lowest BCUT2D eigenvalue weighted by Gasteiger charge is -2.18. The van der Waals surface area contributed by atoms with Gasteiger partial charge in [-0.2, -0.15) is 0 Å². The molecule has 1 amide bonds. The minimum atomic E-state index is -0.210. The first-order valence-electron chi connectivity index (χ1n) is 8.36. The molecule has 1 aromatic heterocycles. The standard InChI is InChI=1S/C20H21N3O3/c1-13-7-6-8-14(2)19(13)26-12-18(24)23(3)11-17-21-16-10-5-4-9-15(16)20(25)22-17/h4-10H,11-12H2,1-3H3,(H,21,22,25). The maximum absolute atomic E-state index is 12.4. The van der Waals surface area contributed by atoms with E-state index in [1.807, 2.05) is 38.1 Å². The van der Waals surface area contributed by atoms with Crippen LogP contribution in [-0.2, 0) is 11.3 Å². The molecule has 0 aliphatic heterocycles. The number of ether oxygens (including phenoxy) is 1. The molecule has 0 bridgehead atoms. The number of hydrogen-bond donors (Lipinski definition) is 1. The lowest BCUT2D eigenvalue weighted by atomic mass is 10.1. The smallest absolute Gasteiger partial charge is 0.260 e. The topological polar surface area (TPSA) is 75.3 Å². The second-order valence-electron chi connectivity index (χ2n) is 6.29. The van der Waals surface area contributed by atoms with Crippen molar-refractivity contribution in [1.29, 1.82) is 0 Å². The fraction of sp³-hybridized carbons (Fsp3) is 0.250. The van der Waals surface area contributed by atoms with Gasteiger partial charge in [0.2, 0.25) is 0 Å². The number of benzene rings is 2. The first-order valence-corrected chi connectivity index (χ1v) is 8.36. The third-order valence-corrected chi connectivity index (χ3v) is 4.22. The fourth-order valence-electron chi connectivity index (χ4n) is 2.79. The van der Waals surface area contributed by atoms with Gasteiger partial charge < -0.3 is 14.6 Å².